The van der Waals surface area contributed by atoms with Crippen LogP contribution < -0.4 is 16.0 Å². The number of hydrogen-bond acceptors (Lipinski definition) is 7. The van der Waals surface area contributed by atoms with Crippen LogP contribution in [0.1, 0.15) is 24.4 Å². The van der Waals surface area contributed by atoms with Crippen molar-refractivity contribution in [3.8, 4) is 0 Å². The summed E-state index contributed by atoms with van der Waals surface area (Å²) in [5.74, 6) is -1.07. The van der Waals surface area contributed by atoms with Crippen molar-refractivity contribution in [2.45, 2.75) is 30.0 Å². The van der Waals surface area contributed by atoms with Crippen LogP contribution in [0.2, 0.25) is 0 Å². The number of rotatable bonds is 4. The third kappa shape index (κ3) is 4.81. The number of halogens is 3. The Morgan fingerprint density at radius 3 is 2.73 bits per heavy atom. The summed E-state index contributed by atoms with van der Waals surface area (Å²) in [7, 11) is 3.28. The Bertz CT molecular complexity index is 1140. The molecule has 33 heavy (non-hydrogen) atoms. The number of fused-ring (bicyclic) bond motifs is 1. The van der Waals surface area contributed by atoms with E-state index in [0.717, 1.165) is 43.4 Å². The maximum atomic E-state index is 13.1. The molecule has 1 fully saturated rings. The molecule has 0 aliphatic carbocycles. The van der Waals surface area contributed by atoms with Gasteiger partial charge in [-0.2, -0.15) is 13.2 Å². The van der Waals surface area contributed by atoms with Crippen LogP contribution in [0.15, 0.2) is 40.4 Å². The quantitative estimate of drug-likeness (QED) is 0.581. The molecule has 1 saturated heterocycles. The molecule has 0 bridgehead atoms. The number of alkyl halides is 3. The highest BCUT2D eigenvalue weighted by atomic mass is 32.2. The van der Waals surface area contributed by atoms with Gasteiger partial charge in [-0.3, -0.25) is 14.5 Å². The Balaban J connectivity index is 1.62. The normalized spacial score (nSPS) is 19.6. The Hall–Kier alpha value is -3.12. The molecule has 1 unspecified atom stereocenters. The number of carbonyl (C=O) groups is 2. The van der Waals surface area contributed by atoms with Crippen LogP contribution in [-0.4, -0.2) is 53.4 Å². The topological polar surface area (TPSA) is 99.2 Å². The number of hydrogen-bond donors (Lipinski definition) is 3. The molecule has 2 aliphatic rings. The van der Waals surface area contributed by atoms with Crippen LogP contribution in [0.25, 0.3) is 5.57 Å². The zero-order chi connectivity index (χ0) is 23.8. The minimum atomic E-state index is -4.67. The Morgan fingerprint density at radius 1 is 1.27 bits per heavy atom. The van der Waals surface area contributed by atoms with E-state index in [-0.39, 0.29) is 23.3 Å². The van der Waals surface area contributed by atoms with Crippen LogP contribution in [-0.2, 0) is 15.8 Å². The first kappa shape index (κ1) is 23.1. The molecule has 2 aliphatic heterocycles. The monoisotopic (exact) mass is 478 g/mol. The minimum absolute atomic E-state index is 0.0925. The Morgan fingerprint density at radius 2 is 2.06 bits per heavy atom. The van der Waals surface area contributed by atoms with E-state index >= 15 is 0 Å². The van der Waals surface area contributed by atoms with Gasteiger partial charge in [0.1, 0.15) is 11.3 Å². The molecule has 3 N–H and O–H groups in total. The molecule has 3 heterocycles. The fourth-order valence-electron chi connectivity index (χ4n) is 3.69. The lowest BCUT2D eigenvalue weighted by Crippen LogP contribution is -2.37. The standard InChI is InChI=1S/C21H21F3N6O2S/c1-25-19(32)16(17-26-8-7-15(29-17)21(22,23)24)20-28-12-6-5-11(10-14(12)33-20)27-18(31)13-4-3-9-30(13)2/h5-8,10,13,28H,3-4,9H2,1-2H3,(H,25,32)(H,27,31)/b20-16+. The molecule has 174 valence electrons. The number of benzene rings is 1. The molecule has 1 atom stereocenters. The van der Waals surface area contributed by atoms with Crippen molar-refractivity contribution in [1.29, 1.82) is 0 Å². The lowest BCUT2D eigenvalue weighted by Gasteiger charge is -2.18. The first-order valence-corrected chi connectivity index (χ1v) is 11.0. The van der Waals surface area contributed by atoms with Gasteiger partial charge in [0.05, 0.1) is 16.8 Å². The lowest BCUT2D eigenvalue weighted by atomic mass is 10.2. The van der Waals surface area contributed by atoms with Crippen LogP contribution in [0.5, 0.6) is 0 Å². The van der Waals surface area contributed by atoms with Crippen molar-refractivity contribution < 1.29 is 22.8 Å². The van der Waals surface area contributed by atoms with Gasteiger partial charge in [0.25, 0.3) is 5.91 Å². The zero-order valence-electron chi connectivity index (χ0n) is 17.8. The number of carbonyl (C=O) groups excluding carboxylic acids is 2. The van der Waals surface area contributed by atoms with Gasteiger partial charge in [-0.25, -0.2) is 9.97 Å². The summed E-state index contributed by atoms with van der Waals surface area (Å²) < 4.78 is 39.4. The summed E-state index contributed by atoms with van der Waals surface area (Å²) in [6.07, 6.45) is -1.94. The molecule has 1 aromatic carbocycles. The van der Waals surface area contributed by atoms with Gasteiger partial charge in [0, 0.05) is 23.8 Å². The molecule has 4 rings (SSSR count). The summed E-state index contributed by atoms with van der Waals surface area (Å²) in [6.45, 7) is 0.871. The molecule has 0 saturated carbocycles. The minimum Gasteiger partial charge on any atom is -0.355 e. The average Bonchev–Trinajstić information content (AvgIpc) is 3.39. The molecule has 8 nitrogen and oxygen atoms in total. The SMILES string of the molecule is CNC(=O)/C(=C1\Nc2ccc(NC(=O)C3CCCN3C)cc2S1)c1nccc(C(F)(F)F)n1. The molecule has 12 heteroatoms. The van der Waals surface area contributed by atoms with Crippen molar-refractivity contribution in [3.05, 3.63) is 47.0 Å². The molecule has 1 aromatic heterocycles. The highest BCUT2D eigenvalue weighted by Crippen LogP contribution is 2.45. The second-order valence-electron chi connectivity index (χ2n) is 7.61. The average molecular weight is 479 g/mol. The first-order chi connectivity index (χ1) is 15.7. The van der Waals surface area contributed by atoms with Crippen molar-refractivity contribution >= 4 is 40.5 Å². The van der Waals surface area contributed by atoms with Gasteiger partial charge in [0.15, 0.2) is 5.82 Å². The second-order valence-corrected chi connectivity index (χ2v) is 8.66. The maximum absolute atomic E-state index is 13.1. The summed E-state index contributed by atoms with van der Waals surface area (Å²) in [4.78, 5) is 35.3. The molecule has 0 radical (unpaired) electrons. The van der Waals surface area contributed by atoms with Crippen LogP contribution in [0.3, 0.4) is 0 Å². The molecule has 2 amide bonds. The fourth-order valence-corrected chi connectivity index (χ4v) is 4.78. The molecular formula is C21H21F3N6O2S. The number of likely N-dealkylation sites (N-methyl/N-ethyl adjacent to an activating group) is 2. The number of aromatic nitrogens is 2. The lowest BCUT2D eigenvalue weighted by molar-refractivity contribution is -0.141. The van der Waals surface area contributed by atoms with Crippen LogP contribution in [0, 0.1) is 0 Å². The van der Waals surface area contributed by atoms with Crippen LogP contribution >= 0.6 is 11.8 Å². The first-order valence-electron chi connectivity index (χ1n) is 10.1. The summed E-state index contributed by atoms with van der Waals surface area (Å²) >= 11 is 1.15. The van der Waals surface area contributed by atoms with Gasteiger partial charge in [0.2, 0.25) is 5.91 Å². The van der Waals surface area contributed by atoms with E-state index in [9.17, 15) is 22.8 Å². The Labute approximate surface area is 192 Å². The van der Waals surface area contributed by atoms with E-state index in [2.05, 4.69) is 25.9 Å². The number of thioether (sulfide) groups is 1. The van der Waals surface area contributed by atoms with Gasteiger partial charge >= 0.3 is 6.18 Å². The molecular weight excluding hydrogens is 457 g/mol. The van der Waals surface area contributed by atoms with Gasteiger partial charge in [-0.1, -0.05) is 11.8 Å². The highest BCUT2D eigenvalue weighted by Gasteiger charge is 2.34. The van der Waals surface area contributed by atoms with Crippen molar-refractivity contribution in [2.24, 2.45) is 0 Å². The summed E-state index contributed by atoms with van der Waals surface area (Å²) in [5.41, 5.74) is -0.00867. The summed E-state index contributed by atoms with van der Waals surface area (Å²) in [5, 5.41) is 8.68. The zero-order valence-corrected chi connectivity index (χ0v) is 18.6. The second kappa shape index (κ2) is 9.02. The molecule has 2 aromatic rings. The number of likely N-dealkylation sites (tertiary alicyclic amines) is 1. The van der Waals surface area contributed by atoms with Crippen molar-refractivity contribution in [3.63, 3.8) is 0 Å². The van der Waals surface area contributed by atoms with Gasteiger partial charge in [-0.05, 0) is 50.7 Å². The summed E-state index contributed by atoms with van der Waals surface area (Å²) in [6, 6.07) is 5.77. The van der Waals surface area contributed by atoms with Gasteiger partial charge in [-0.15, -0.1) is 0 Å². The third-order valence-corrected chi connectivity index (χ3v) is 6.45. The predicted octanol–water partition coefficient (Wildman–Crippen LogP) is 3.16. The number of anilines is 2. The highest BCUT2D eigenvalue weighted by molar-refractivity contribution is 8.04. The van der Waals surface area contributed by atoms with E-state index in [1.54, 1.807) is 18.2 Å². The van der Waals surface area contributed by atoms with E-state index in [1.165, 1.54) is 7.05 Å². The largest absolute Gasteiger partial charge is 0.433 e. The fraction of sp³-hybridized carbons (Fsp3) is 0.333. The van der Waals surface area contributed by atoms with Crippen molar-refractivity contribution in [1.82, 2.24) is 20.2 Å². The van der Waals surface area contributed by atoms with Gasteiger partial charge < -0.3 is 16.0 Å². The predicted molar refractivity (Wildman–Crippen MR) is 118 cm³/mol. The van der Waals surface area contributed by atoms with Crippen LogP contribution in [0.4, 0.5) is 24.5 Å². The number of nitrogens with zero attached hydrogens (tertiary/aromatic N) is 3. The van der Waals surface area contributed by atoms with E-state index in [4.69, 9.17) is 0 Å². The third-order valence-electron chi connectivity index (χ3n) is 5.38. The smallest absolute Gasteiger partial charge is 0.355 e. The Kier molecular flexibility index (Phi) is 6.30. The maximum Gasteiger partial charge on any atom is 0.433 e. The van der Waals surface area contributed by atoms with E-state index in [0.29, 0.717) is 21.3 Å². The number of amides is 2. The van der Waals surface area contributed by atoms with E-state index < -0.39 is 17.8 Å². The van der Waals surface area contributed by atoms with E-state index in [1.807, 2.05) is 11.9 Å². The molecule has 0 spiro atoms. The number of nitrogens with one attached hydrogen (secondary N) is 3. The van der Waals surface area contributed by atoms with Crippen molar-refractivity contribution in [2.75, 3.05) is 31.3 Å².